The fourth-order valence-corrected chi connectivity index (χ4v) is 3.63. The second kappa shape index (κ2) is 9.09. The lowest BCUT2D eigenvalue weighted by molar-refractivity contribution is -0.141. The predicted molar refractivity (Wildman–Crippen MR) is 111 cm³/mol. The van der Waals surface area contributed by atoms with E-state index in [0.717, 1.165) is 5.56 Å². The summed E-state index contributed by atoms with van der Waals surface area (Å²) >= 11 is 6.23. The summed E-state index contributed by atoms with van der Waals surface area (Å²) < 4.78 is 12.1. The molecule has 6 nitrogen and oxygen atoms in total. The molecular formula is C22H23ClN2O4. The van der Waals surface area contributed by atoms with E-state index >= 15 is 0 Å². The first-order valence-corrected chi connectivity index (χ1v) is 9.78. The Hall–Kier alpha value is -2.86. The number of Topliss-reactive ketones (excluding diaryl/α,β-unsaturated/α-hetero) is 1. The average Bonchev–Trinajstić information content (AvgIpc) is 3.04. The van der Waals surface area contributed by atoms with Crippen molar-refractivity contribution >= 4 is 29.0 Å². The Labute approximate surface area is 174 Å². The van der Waals surface area contributed by atoms with Crippen LogP contribution in [-0.2, 0) is 9.53 Å². The number of carbonyl (C=O) groups is 2. The van der Waals surface area contributed by atoms with E-state index < -0.39 is 0 Å². The number of fused-ring (bicyclic) bond motifs is 1. The Morgan fingerprint density at radius 3 is 2.59 bits per heavy atom. The topological polar surface area (TPSA) is 69.9 Å². The van der Waals surface area contributed by atoms with Gasteiger partial charge >= 0.3 is 5.97 Å². The molecule has 0 bridgehead atoms. The van der Waals surface area contributed by atoms with Crippen molar-refractivity contribution in [2.45, 2.75) is 32.6 Å². The average molecular weight is 415 g/mol. The van der Waals surface area contributed by atoms with E-state index in [4.69, 9.17) is 21.1 Å². The third-order valence-electron chi connectivity index (χ3n) is 4.73. The van der Waals surface area contributed by atoms with Crippen molar-refractivity contribution in [1.82, 2.24) is 9.38 Å². The van der Waals surface area contributed by atoms with Crippen LogP contribution in [0.5, 0.6) is 5.75 Å². The minimum atomic E-state index is -0.358. The molecule has 0 radical (unpaired) electrons. The molecule has 3 rings (SSSR count). The van der Waals surface area contributed by atoms with Crippen LogP contribution in [-0.4, -0.2) is 34.9 Å². The van der Waals surface area contributed by atoms with Gasteiger partial charge in [-0.3, -0.25) is 14.0 Å². The Kier molecular flexibility index (Phi) is 6.54. The van der Waals surface area contributed by atoms with Gasteiger partial charge in [-0.25, -0.2) is 4.98 Å². The molecule has 0 amide bonds. The number of aryl methyl sites for hydroxylation is 1. The normalized spacial score (nSPS) is 12.0. The van der Waals surface area contributed by atoms with Crippen LogP contribution in [0.3, 0.4) is 0 Å². The zero-order valence-corrected chi connectivity index (χ0v) is 17.4. The van der Waals surface area contributed by atoms with Crippen LogP contribution in [0, 0.1) is 6.92 Å². The number of carbonyl (C=O) groups excluding carboxylic acids is 2. The molecule has 0 N–H and O–H groups in total. The van der Waals surface area contributed by atoms with E-state index in [2.05, 4.69) is 4.98 Å². The maximum Gasteiger partial charge on any atom is 0.306 e. The second-order valence-corrected chi connectivity index (χ2v) is 7.15. The van der Waals surface area contributed by atoms with Crippen LogP contribution in [0.1, 0.15) is 47.4 Å². The van der Waals surface area contributed by atoms with Gasteiger partial charge in [0.15, 0.2) is 17.2 Å². The van der Waals surface area contributed by atoms with Crippen LogP contribution in [0.15, 0.2) is 42.6 Å². The van der Waals surface area contributed by atoms with E-state index in [1.54, 1.807) is 23.6 Å². The van der Waals surface area contributed by atoms with Crippen LogP contribution >= 0.6 is 11.6 Å². The highest BCUT2D eigenvalue weighted by molar-refractivity contribution is 6.30. The number of ketones is 1. The summed E-state index contributed by atoms with van der Waals surface area (Å²) in [6, 6.07) is 11.2. The van der Waals surface area contributed by atoms with Crippen molar-refractivity contribution in [3.63, 3.8) is 0 Å². The van der Waals surface area contributed by atoms with E-state index in [1.165, 1.54) is 7.11 Å². The number of aromatic nitrogens is 2. The largest absolute Gasteiger partial charge is 0.490 e. The van der Waals surface area contributed by atoms with Crippen molar-refractivity contribution in [3.8, 4) is 5.75 Å². The molecule has 0 aliphatic heterocycles. The lowest BCUT2D eigenvalue weighted by Gasteiger charge is -2.16. The molecule has 2 aromatic heterocycles. The number of methoxy groups -OCH3 is 1. The SMILES string of the molecule is CCOc1cc(Cl)cn2c(C(=O)C[C@@H](CC(=O)OC)c3ccccc3)c(C)nc12. The highest BCUT2D eigenvalue weighted by Crippen LogP contribution is 2.30. The van der Waals surface area contributed by atoms with Crippen LogP contribution in [0.25, 0.3) is 5.65 Å². The number of benzene rings is 1. The van der Waals surface area contributed by atoms with Gasteiger partial charge in [0.1, 0.15) is 5.69 Å². The Bertz CT molecular complexity index is 1030. The molecule has 0 saturated heterocycles. The van der Waals surface area contributed by atoms with E-state index in [9.17, 15) is 9.59 Å². The van der Waals surface area contributed by atoms with Crippen molar-refractivity contribution in [3.05, 3.63) is 64.6 Å². The molecule has 29 heavy (non-hydrogen) atoms. The maximum absolute atomic E-state index is 13.3. The third kappa shape index (κ3) is 4.59. The standard InChI is InChI=1S/C22H23ClN2O4/c1-4-29-19-12-17(23)13-25-21(14(2)24-22(19)25)18(26)10-16(11-20(27)28-3)15-8-6-5-7-9-15/h5-9,12-13,16H,4,10-11H2,1-3H3/t16-/m0/s1. The second-order valence-electron chi connectivity index (χ2n) is 6.71. The summed E-state index contributed by atoms with van der Waals surface area (Å²) in [5.74, 6) is -0.261. The number of rotatable bonds is 8. The Balaban J connectivity index is 1.99. The number of imidazole rings is 1. The molecule has 7 heteroatoms. The first-order chi connectivity index (χ1) is 13.9. The highest BCUT2D eigenvalue weighted by Gasteiger charge is 2.25. The lowest BCUT2D eigenvalue weighted by atomic mass is 9.90. The number of nitrogens with zero attached hydrogens (tertiary/aromatic N) is 2. The molecular weight excluding hydrogens is 392 g/mol. The molecule has 0 aliphatic carbocycles. The minimum absolute atomic E-state index is 0.118. The van der Waals surface area contributed by atoms with Gasteiger partial charge in [-0.1, -0.05) is 41.9 Å². The lowest BCUT2D eigenvalue weighted by Crippen LogP contribution is -2.15. The van der Waals surface area contributed by atoms with Gasteiger partial charge in [-0.05, 0) is 19.4 Å². The number of halogens is 1. The molecule has 0 fully saturated rings. The quantitative estimate of drug-likeness (QED) is 0.397. The van der Waals surface area contributed by atoms with Gasteiger partial charge in [0, 0.05) is 24.6 Å². The fraction of sp³-hybridized carbons (Fsp3) is 0.318. The minimum Gasteiger partial charge on any atom is -0.490 e. The highest BCUT2D eigenvalue weighted by atomic mass is 35.5. The first-order valence-electron chi connectivity index (χ1n) is 9.40. The molecule has 3 aromatic rings. The molecule has 0 saturated carbocycles. The van der Waals surface area contributed by atoms with Gasteiger partial charge < -0.3 is 9.47 Å². The number of hydrogen-bond acceptors (Lipinski definition) is 5. The van der Waals surface area contributed by atoms with Gasteiger partial charge in [0.05, 0.1) is 30.9 Å². The first kappa shape index (κ1) is 20.9. The summed E-state index contributed by atoms with van der Waals surface area (Å²) in [7, 11) is 1.35. The maximum atomic E-state index is 13.3. The summed E-state index contributed by atoms with van der Waals surface area (Å²) in [5.41, 5.74) is 2.48. The molecule has 1 atom stereocenters. The van der Waals surface area contributed by atoms with Crippen molar-refractivity contribution < 1.29 is 19.1 Å². The van der Waals surface area contributed by atoms with Crippen molar-refractivity contribution in [2.75, 3.05) is 13.7 Å². The number of esters is 1. The predicted octanol–water partition coefficient (Wildman–Crippen LogP) is 4.61. The van der Waals surface area contributed by atoms with E-state index in [1.807, 2.05) is 37.3 Å². The number of pyridine rings is 1. The Morgan fingerprint density at radius 2 is 1.93 bits per heavy atom. The number of ether oxygens (including phenoxy) is 2. The molecule has 152 valence electrons. The molecule has 0 aliphatic rings. The monoisotopic (exact) mass is 414 g/mol. The Morgan fingerprint density at radius 1 is 1.21 bits per heavy atom. The third-order valence-corrected chi connectivity index (χ3v) is 4.94. The fourth-order valence-electron chi connectivity index (χ4n) is 3.43. The van der Waals surface area contributed by atoms with Gasteiger partial charge in [0.2, 0.25) is 0 Å². The van der Waals surface area contributed by atoms with Crippen LogP contribution < -0.4 is 4.74 Å². The number of hydrogen-bond donors (Lipinski definition) is 0. The smallest absolute Gasteiger partial charge is 0.306 e. The summed E-state index contributed by atoms with van der Waals surface area (Å²) in [5, 5.41) is 0.446. The summed E-state index contributed by atoms with van der Waals surface area (Å²) in [6.45, 7) is 4.11. The van der Waals surface area contributed by atoms with Gasteiger partial charge in [-0.15, -0.1) is 0 Å². The van der Waals surface area contributed by atoms with Gasteiger partial charge in [-0.2, -0.15) is 0 Å². The summed E-state index contributed by atoms with van der Waals surface area (Å²) in [4.78, 5) is 29.7. The zero-order chi connectivity index (χ0) is 21.0. The van der Waals surface area contributed by atoms with Crippen molar-refractivity contribution in [2.24, 2.45) is 0 Å². The summed E-state index contributed by atoms with van der Waals surface area (Å²) in [6.07, 6.45) is 1.92. The molecule has 2 heterocycles. The molecule has 0 unspecified atom stereocenters. The molecule has 1 aromatic carbocycles. The molecule has 0 spiro atoms. The van der Waals surface area contributed by atoms with Crippen LogP contribution in [0.2, 0.25) is 5.02 Å². The van der Waals surface area contributed by atoms with E-state index in [-0.39, 0.29) is 30.5 Å². The van der Waals surface area contributed by atoms with Gasteiger partial charge in [0.25, 0.3) is 0 Å². The van der Waals surface area contributed by atoms with Crippen LogP contribution in [0.4, 0.5) is 0 Å². The van der Waals surface area contributed by atoms with E-state index in [0.29, 0.717) is 34.4 Å². The van der Waals surface area contributed by atoms with Crippen molar-refractivity contribution in [1.29, 1.82) is 0 Å². The zero-order valence-electron chi connectivity index (χ0n) is 16.6.